The van der Waals surface area contributed by atoms with Crippen LogP contribution in [0.25, 0.3) is 0 Å². The summed E-state index contributed by atoms with van der Waals surface area (Å²) in [6.07, 6.45) is 1.83. The number of rotatable bonds is 8. The lowest BCUT2D eigenvalue weighted by atomic mass is 9.78. The van der Waals surface area contributed by atoms with Gasteiger partial charge in [0.15, 0.2) is 6.10 Å². The smallest absolute Gasteiger partial charge is 0.314 e. The van der Waals surface area contributed by atoms with E-state index in [4.69, 9.17) is 4.74 Å². The van der Waals surface area contributed by atoms with Gasteiger partial charge in [0, 0.05) is 24.3 Å². The van der Waals surface area contributed by atoms with Gasteiger partial charge in [-0.2, -0.15) is 0 Å². The lowest BCUT2D eigenvalue weighted by Gasteiger charge is -2.55. The third-order valence-corrected chi connectivity index (χ3v) is 8.65. The molecule has 3 fully saturated rings. The number of esters is 1. The molecule has 3 saturated heterocycles. The highest BCUT2D eigenvalue weighted by Gasteiger charge is 2.53. The summed E-state index contributed by atoms with van der Waals surface area (Å²) in [4.78, 5) is 27.0. The zero-order valence-corrected chi connectivity index (χ0v) is 21.3. The highest BCUT2D eigenvalue weighted by molar-refractivity contribution is 5.97. The number of hydrogen-bond donors (Lipinski definition) is 0. The van der Waals surface area contributed by atoms with Crippen molar-refractivity contribution in [3.05, 3.63) is 108 Å². The van der Waals surface area contributed by atoms with Crippen LogP contribution in [0.4, 0.5) is 0 Å². The van der Waals surface area contributed by atoms with Crippen molar-refractivity contribution in [3.63, 3.8) is 0 Å². The van der Waals surface area contributed by atoms with Crippen molar-refractivity contribution >= 4 is 11.8 Å². The third-order valence-electron chi connectivity index (χ3n) is 8.65. The van der Waals surface area contributed by atoms with E-state index >= 15 is 0 Å². The second-order valence-electron chi connectivity index (χ2n) is 10.8. The Balaban J connectivity index is 1.36. The number of carbonyl (C=O) groups excluding carboxylic acids is 2. The van der Waals surface area contributed by atoms with Gasteiger partial charge in [0.05, 0.1) is 18.5 Å². The molecule has 36 heavy (non-hydrogen) atoms. The molecule has 0 spiro atoms. The Morgan fingerprint density at radius 2 is 1.47 bits per heavy atom. The summed E-state index contributed by atoms with van der Waals surface area (Å²) in [5.41, 5.74) is 2.87. The SMILES string of the molecule is CC(c1ccccc1)C(C(=O)OC1C[N+]2(CC(=O)c3ccccc3)CCC1CC2C)c1ccccc1. The quantitative estimate of drug-likeness (QED) is 0.225. The molecule has 2 bridgehead atoms. The van der Waals surface area contributed by atoms with E-state index in [2.05, 4.69) is 26.0 Å². The van der Waals surface area contributed by atoms with Gasteiger partial charge in [-0.15, -0.1) is 0 Å². The van der Waals surface area contributed by atoms with E-state index in [0.717, 1.165) is 42.6 Å². The van der Waals surface area contributed by atoms with Crippen LogP contribution in [0, 0.1) is 5.92 Å². The predicted octanol–water partition coefficient (Wildman–Crippen LogP) is 6.00. The predicted molar refractivity (Wildman–Crippen MR) is 142 cm³/mol. The fraction of sp³-hybridized carbons (Fsp3) is 0.375. The lowest BCUT2D eigenvalue weighted by molar-refractivity contribution is -0.960. The van der Waals surface area contributed by atoms with E-state index in [9.17, 15) is 9.59 Å². The number of ketones is 1. The van der Waals surface area contributed by atoms with Crippen LogP contribution < -0.4 is 0 Å². The molecule has 3 aromatic carbocycles. The van der Waals surface area contributed by atoms with Gasteiger partial charge < -0.3 is 9.22 Å². The minimum Gasteiger partial charge on any atom is -0.456 e. The van der Waals surface area contributed by atoms with Crippen LogP contribution in [0.3, 0.4) is 0 Å². The normalized spacial score (nSPS) is 26.7. The maximum absolute atomic E-state index is 13.8. The summed E-state index contributed by atoms with van der Waals surface area (Å²) in [5, 5.41) is 0. The molecule has 4 nitrogen and oxygen atoms in total. The molecule has 0 saturated carbocycles. The van der Waals surface area contributed by atoms with Gasteiger partial charge in [-0.05, 0) is 24.0 Å². The first kappa shape index (κ1) is 24.5. The van der Waals surface area contributed by atoms with Crippen molar-refractivity contribution in [3.8, 4) is 0 Å². The van der Waals surface area contributed by atoms with Gasteiger partial charge in [0.2, 0.25) is 5.78 Å². The summed E-state index contributed by atoms with van der Waals surface area (Å²) < 4.78 is 7.09. The minimum atomic E-state index is -0.374. The van der Waals surface area contributed by atoms with Crippen LogP contribution in [0.15, 0.2) is 91.0 Å². The van der Waals surface area contributed by atoms with E-state index in [1.807, 2.05) is 78.9 Å². The van der Waals surface area contributed by atoms with Crippen molar-refractivity contribution in [1.29, 1.82) is 0 Å². The Morgan fingerprint density at radius 3 is 2.08 bits per heavy atom. The van der Waals surface area contributed by atoms with Gasteiger partial charge in [0.1, 0.15) is 13.1 Å². The fourth-order valence-electron chi connectivity index (χ4n) is 6.43. The van der Waals surface area contributed by atoms with E-state index in [0.29, 0.717) is 23.0 Å². The van der Waals surface area contributed by atoms with Crippen LogP contribution in [0.1, 0.15) is 60.0 Å². The summed E-state index contributed by atoms with van der Waals surface area (Å²) in [6.45, 7) is 6.53. The Labute approximate surface area is 214 Å². The molecule has 6 atom stereocenters. The maximum atomic E-state index is 13.8. The molecular formula is C32H36NO3+. The van der Waals surface area contributed by atoms with Crippen LogP contribution in [0.2, 0.25) is 0 Å². The van der Waals surface area contributed by atoms with Crippen molar-refractivity contribution in [2.75, 3.05) is 19.6 Å². The number of carbonyl (C=O) groups is 2. The van der Waals surface area contributed by atoms with Crippen LogP contribution >= 0.6 is 0 Å². The molecule has 0 radical (unpaired) electrons. The largest absolute Gasteiger partial charge is 0.456 e. The average Bonchev–Trinajstić information content (AvgIpc) is 2.91. The van der Waals surface area contributed by atoms with Gasteiger partial charge in [-0.25, -0.2) is 0 Å². The Morgan fingerprint density at radius 1 is 0.889 bits per heavy atom. The molecule has 3 aliphatic rings. The lowest BCUT2D eigenvalue weighted by Crippen LogP contribution is -2.69. The first-order chi connectivity index (χ1) is 17.5. The second kappa shape index (κ2) is 10.4. The molecule has 0 amide bonds. The Hall–Kier alpha value is -3.24. The summed E-state index contributed by atoms with van der Waals surface area (Å²) >= 11 is 0. The molecule has 3 heterocycles. The van der Waals surface area contributed by atoms with E-state index in [1.54, 1.807) is 0 Å². The van der Waals surface area contributed by atoms with E-state index in [1.165, 1.54) is 0 Å². The molecule has 3 aromatic rings. The number of benzene rings is 3. The number of piperidine rings is 3. The summed E-state index contributed by atoms with van der Waals surface area (Å²) in [7, 11) is 0. The molecular weight excluding hydrogens is 446 g/mol. The van der Waals surface area contributed by atoms with Crippen LogP contribution in [0.5, 0.6) is 0 Å². The maximum Gasteiger partial charge on any atom is 0.314 e. The van der Waals surface area contributed by atoms with Gasteiger partial charge in [-0.3, -0.25) is 9.59 Å². The summed E-state index contributed by atoms with van der Waals surface area (Å²) in [6, 6.07) is 30.2. The van der Waals surface area contributed by atoms with Gasteiger partial charge in [-0.1, -0.05) is 97.9 Å². The van der Waals surface area contributed by atoms with Crippen molar-refractivity contribution in [2.24, 2.45) is 5.92 Å². The zero-order valence-electron chi connectivity index (χ0n) is 21.3. The molecule has 6 rings (SSSR count). The highest BCUT2D eigenvalue weighted by atomic mass is 16.5. The average molecular weight is 483 g/mol. The van der Waals surface area contributed by atoms with Crippen molar-refractivity contribution in [2.45, 2.75) is 50.7 Å². The first-order valence-corrected chi connectivity index (χ1v) is 13.2. The minimum absolute atomic E-state index is 0.0103. The van der Waals surface area contributed by atoms with Crippen LogP contribution in [-0.2, 0) is 9.53 Å². The Bertz CT molecular complexity index is 1180. The molecule has 0 aromatic heterocycles. The van der Waals surface area contributed by atoms with Crippen molar-refractivity contribution in [1.82, 2.24) is 0 Å². The van der Waals surface area contributed by atoms with E-state index < -0.39 is 0 Å². The molecule has 0 aliphatic carbocycles. The number of hydrogen-bond acceptors (Lipinski definition) is 3. The van der Waals surface area contributed by atoms with Gasteiger partial charge in [0.25, 0.3) is 0 Å². The highest BCUT2D eigenvalue weighted by Crippen LogP contribution is 2.42. The molecule has 6 unspecified atom stereocenters. The molecule has 0 N–H and O–H groups in total. The fourth-order valence-corrected chi connectivity index (χ4v) is 6.43. The Kier molecular flexibility index (Phi) is 7.06. The topological polar surface area (TPSA) is 43.4 Å². The molecule has 186 valence electrons. The standard InChI is InChI=1S/C32H36NO3/c1-23-20-28-18-19-33(23,21-29(34)26-14-8-4-9-15-26)22-30(28)36-32(35)31(27-16-10-5-11-17-27)24(2)25-12-6-3-7-13-25/h3-17,23-24,28,30-31H,18-22H2,1-2H3/q+1. The zero-order chi connectivity index (χ0) is 25.1. The van der Waals surface area contributed by atoms with Crippen LogP contribution in [-0.4, -0.2) is 48.0 Å². The van der Waals surface area contributed by atoms with Crippen molar-refractivity contribution < 1.29 is 18.8 Å². The first-order valence-electron chi connectivity index (χ1n) is 13.2. The van der Waals surface area contributed by atoms with E-state index in [-0.39, 0.29) is 29.7 Å². The van der Waals surface area contributed by atoms with Gasteiger partial charge >= 0.3 is 5.97 Å². The number of nitrogens with zero attached hydrogens (tertiary/aromatic N) is 1. The third kappa shape index (κ3) is 4.87. The number of fused-ring (bicyclic) bond motifs is 3. The summed E-state index contributed by atoms with van der Waals surface area (Å²) in [5.74, 6) is -0.00625. The second-order valence-corrected chi connectivity index (χ2v) is 10.8. The number of quaternary nitrogens is 1. The molecule has 3 aliphatic heterocycles. The number of ether oxygens (including phenoxy) is 1. The monoisotopic (exact) mass is 482 g/mol. The number of Topliss-reactive ketones (excluding diaryl/α,β-unsaturated/α-hetero) is 1. The molecule has 4 heteroatoms.